The average molecular weight is 546 g/mol. The van der Waals surface area contributed by atoms with Crippen LogP contribution in [0.15, 0.2) is 48.8 Å². The largest absolute Gasteiger partial charge is 0.493 e. The number of carboxylic acid groups (broad SMARTS) is 1. The maximum absolute atomic E-state index is 12.7. The Morgan fingerprint density at radius 3 is 2.33 bits per heavy atom. The number of anilines is 1. The van der Waals surface area contributed by atoms with Crippen LogP contribution in [0.5, 0.6) is 5.75 Å². The Labute approximate surface area is 238 Å². The molecule has 1 fully saturated rings. The minimum atomic E-state index is -1.13. The van der Waals surface area contributed by atoms with Crippen molar-refractivity contribution in [1.29, 1.82) is 0 Å². The number of carbonyl (C=O) groups is 1. The Bertz CT molecular complexity index is 1300. The molecule has 1 aromatic carbocycles. The highest BCUT2D eigenvalue weighted by molar-refractivity contribution is 5.88. The molecule has 0 unspecified atom stereocenters. The molecule has 0 saturated carbocycles. The van der Waals surface area contributed by atoms with Crippen molar-refractivity contribution in [1.82, 2.24) is 9.97 Å². The van der Waals surface area contributed by atoms with Gasteiger partial charge in [-0.3, -0.25) is 9.97 Å². The highest BCUT2D eigenvalue weighted by Crippen LogP contribution is 2.45. The lowest BCUT2D eigenvalue weighted by atomic mass is 9.82. The number of pyridine rings is 2. The van der Waals surface area contributed by atoms with E-state index < -0.39 is 17.7 Å². The molecule has 214 valence electrons. The number of aliphatic carboxylic acids is 1. The van der Waals surface area contributed by atoms with Crippen LogP contribution < -0.4 is 9.64 Å². The molecule has 0 aliphatic carbocycles. The Kier molecular flexibility index (Phi) is 8.83. The van der Waals surface area contributed by atoms with Gasteiger partial charge in [-0.2, -0.15) is 0 Å². The summed E-state index contributed by atoms with van der Waals surface area (Å²) in [6.45, 7) is 16.4. The van der Waals surface area contributed by atoms with Crippen LogP contribution in [0.2, 0.25) is 0 Å². The van der Waals surface area contributed by atoms with Crippen LogP contribution in [0.1, 0.15) is 76.1 Å². The van der Waals surface area contributed by atoms with Crippen molar-refractivity contribution in [2.24, 2.45) is 5.41 Å². The predicted molar refractivity (Wildman–Crippen MR) is 159 cm³/mol. The van der Waals surface area contributed by atoms with Gasteiger partial charge >= 0.3 is 5.97 Å². The lowest BCUT2D eigenvalue weighted by Gasteiger charge is -2.41. The zero-order chi connectivity index (χ0) is 29.1. The monoisotopic (exact) mass is 545 g/mol. The molecular weight excluding hydrogens is 502 g/mol. The van der Waals surface area contributed by atoms with Gasteiger partial charge in [0.1, 0.15) is 5.75 Å². The topological polar surface area (TPSA) is 84.8 Å². The third kappa shape index (κ3) is 7.19. The zero-order valence-corrected chi connectivity index (χ0v) is 25.0. The Hall–Kier alpha value is -3.45. The summed E-state index contributed by atoms with van der Waals surface area (Å²) in [7, 11) is 0. The number of hydrogen-bond donors (Lipinski definition) is 1. The number of carboxylic acids is 1. The molecule has 7 heteroatoms. The molecule has 7 nitrogen and oxygen atoms in total. The van der Waals surface area contributed by atoms with E-state index in [2.05, 4.69) is 23.7 Å². The molecule has 1 saturated heterocycles. The van der Waals surface area contributed by atoms with Gasteiger partial charge < -0.3 is 19.5 Å². The van der Waals surface area contributed by atoms with Crippen molar-refractivity contribution in [3.8, 4) is 16.9 Å². The normalized spacial score (nSPS) is 16.0. The van der Waals surface area contributed by atoms with Gasteiger partial charge in [-0.15, -0.1) is 0 Å². The summed E-state index contributed by atoms with van der Waals surface area (Å²) < 4.78 is 12.2. The minimum absolute atomic E-state index is 0.247. The number of nitrogens with zero attached hydrogens (tertiary/aromatic N) is 3. The third-order valence-corrected chi connectivity index (χ3v) is 7.50. The number of rotatable bonds is 9. The van der Waals surface area contributed by atoms with E-state index in [0.29, 0.717) is 17.9 Å². The first-order valence-corrected chi connectivity index (χ1v) is 14.1. The molecule has 0 amide bonds. The fraction of sp³-hybridized carbons (Fsp3) is 0.485. The van der Waals surface area contributed by atoms with E-state index in [9.17, 15) is 9.90 Å². The van der Waals surface area contributed by atoms with Crippen molar-refractivity contribution in [2.75, 3.05) is 24.6 Å². The van der Waals surface area contributed by atoms with E-state index in [4.69, 9.17) is 14.5 Å². The molecule has 4 rings (SSSR count). The lowest BCUT2D eigenvalue weighted by Crippen LogP contribution is -2.39. The molecular formula is C33H43N3O4. The first kappa shape index (κ1) is 29.5. The van der Waals surface area contributed by atoms with E-state index in [0.717, 1.165) is 66.2 Å². The number of aryl methyl sites for hydroxylation is 2. The van der Waals surface area contributed by atoms with Gasteiger partial charge in [-0.1, -0.05) is 32.0 Å². The quantitative estimate of drug-likeness (QED) is 0.311. The molecule has 0 radical (unpaired) electrons. The highest BCUT2D eigenvalue weighted by Gasteiger charge is 2.36. The smallest absolute Gasteiger partial charge is 0.337 e. The number of benzene rings is 1. The summed E-state index contributed by atoms with van der Waals surface area (Å²) >= 11 is 0. The summed E-state index contributed by atoms with van der Waals surface area (Å²) in [5, 5.41) is 10.4. The van der Waals surface area contributed by atoms with E-state index in [1.807, 2.05) is 77.2 Å². The van der Waals surface area contributed by atoms with Gasteiger partial charge in [0, 0.05) is 54.4 Å². The van der Waals surface area contributed by atoms with Crippen LogP contribution in [-0.2, 0) is 16.0 Å². The number of aromatic nitrogens is 2. The fourth-order valence-corrected chi connectivity index (χ4v) is 5.31. The number of ether oxygens (including phenoxy) is 2. The zero-order valence-electron chi connectivity index (χ0n) is 25.0. The highest BCUT2D eigenvalue weighted by atomic mass is 16.5. The Morgan fingerprint density at radius 1 is 1.07 bits per heavy atom. The van der Waals surface area contributed by atoms with Crippen LogP contribution in [0, 0.1) is 19.3 Å². The van der Waals surface area contributed by atoms with Crippen molar-refractivity contribution in [3.63, 3.8) is 0 Å². The van der Waals surface area contributed by atoms with E-state index in [1.165, 1.54) is 0 Å². The first-order chi connectivity index (χ1) is 18.8. The Balaban J connectivity index is 1.74. The number of piperidine rings is 1. The maximum Gasteiger partial charge on any atom is 0.337 e. The van der Waals surface area contributed by atoms with E-state index in [-0.39, 0.29) is 5.41 Å². The summed E-state index contributed by atoms with van der Waals surface area (Å²) in [6.07, 6.45) is 5.31. The minimum Gasteiger partial charge on any atom is -0.493 e. The second-order valence-corrected chi connectivity index (χ2v) is 12.5. The van der Waals surface area contributed by atoms with Crippen molar-refractivity contribution >= 4 is 11.7 Å². The molecule has 0 spiro atoms. The SMILES string of the molecule is Cc1nc(C)c([C@H](OC(C)(C)C)C(=O)O)c(N2CCC(C)(C)CC2)c1-c1ccc(OCCc2cccnc2)cc1. The summed E-state index contributed by atoms with van der Waals surface area (Å²) in [5.41, 5.74) is 5.78. The fourth-order valence-electron chi connectivity index (χ4n) is 5.31. The molecule has 3 heterocycles. The molecule has 3 aromatic rings. The third-order valence-electron chi connectivity index (χ3n) is 7.50. The average Bonchev–Trinajstić information content (AvgIpc) is 2.88. The summed E-state index contributed by atoms with van der Waals surface area (Å²) in [5.74, 6) is -0.225. The summed E-state index contributed by atoms with van der Waals surface area (Å²) in [4.78, 5) is 24.0. The molecule has 1 N–H and O–H groups in total. The molecule has 0 bridgehead atoms. The van der Waals surface area contributed by atoms with Crippen LogP contribution in [0.4, 0.5) is 5.69 Å². The van der Waals surface area contributed by atoms with Crippen LogP contribution in [0.25, 0.3) is 11.1 Å². The van der Waals surface area contributed by atoms with Gasteiger partial charge in [0.2, 0.25) is 0 Å². The summed E-state index contributed by atoms with van der Waals surface area (Å²) in [6, 6.07) is 12.0. The van der Waals surface area contributed by atoms with Crippen LogP contribution in [0.3, 0.4) is 0 Å². The second kappa shape index (κ2) is 12.0. The van der Waals surface area contributed by atoms with Gasteiger partial charge in [0.15, 0.2) is 6.10 Å². The second-order valence-electron chi connectivity index (χ2n) is 12.5. The standard InChI is InChI=1S/C33H43N3O4/c1-22-27(25-10-12-26(13-11-25)39-20-14-24-9-8-17-34-21-24)29(36-18-15-33(6,7)16-19-36)28(23(2)35-22)30(31(37)38)40-32(3,4)5/h8-13,17,21,30H,14-16,18-20H2,1-7H3,(H,37,38)/t30-/m0/s1. The first-order valence-electron chi connectivity index (χ1n) is 14.1. The molecule has 1 aliphatic heterocycles. The van der Waals surface area contributed by atoms with Crippen LogP contribution in [-0.4, -0.2) is 46.3 Å². The van der Waals surface area contributed by atoms with Crippen molar-refractivity contribution in [2.45, 2.75) is 79.4 Å². The van der Waals surface area contributed by atoms with Gasteiger partial charge in [0.05, 0.1) is 17.9 Å². The lowest BCUT2D eigenvalue weighted by molar-refractivity contribution is -0.160. The van der Waals surface area contributed by atoms with Crippen LogP contribution >= 0.6 is 0 Å². The molecule has 1 atom stereocenters. The predicted octanol–water partition coefficient (Wildman–Crippen LogP) is 6.95. The number of hydrogen-bond acceptors (Lipinski definition) is 6. The van der Waals surface area contributed by atoms with Crippen molar-refractivity contribution in [3.05, 3.63) is 71.3 Å². The van der Waals surface area contributed by atoms with Gasteiger partial charge in [-0.05, 0) is 82.2 Å². The van der Waals surface area contributed by atoms with Gasteiger partial charge in [-0.25, -0.2) is 4.79 Å². The molecule has 1 aliphatic rings. The molecule has 40 heavy (non-hydrogen) atoms. The maximum atomic E-state index is 12.7. The Morgan fingerprint density at radius 2 is 1.75 bits per heavy atom. The van der Waals surface area contributed by atoms with E-state index >= 15 is 0 Å². The molecule has 2 aromatic heterocycles. The van der Waals surface area contributed by atoms with E-state index in [1.54, 1.807) is 6.20 Å². The van der Waals surface area contributed by atoms with Gasteiger partial charge in [0.25, 0.3) is 0 Å². The van der Waals surface area contributed by atoms with Crippen molar-refractivity contribution < 1.29 is 19.4 Å².